The third kappa shape index (κ3) is 5.86. The van der Waals surface area contributed by atoms with Crippen molar-refractivity contribution in [1.29, 1.82) is 5.41 Å². The smallest absolute Gasteiger partial charge is 0.117 e. The number of fused-ring (bicyclic) bond motifs is 1. The minimum Gasteiger partial charge on any atom is -0.404 e. The van der Waals surface area contributed by atoms with E-state index in [1.807, 2.05) is 38.3 Å². The third-order valence-corrected chi connectivity index (χ3v) is 4.50. The average molecular weight is 398 g/mol. The molecule has 0 fully saturated rings. The monoisotopic (exact) mass is 397 g/mol. The molecule has 2 heterocycles. The maximum Gasteiger partial charge on any atom is 0.117 e. The van der Waals surface area contributed by atoms with Crippen molar-refractivity contribution in [3.63, 3.8) is 0 Å². The molecule has 8 N–H and O–H groups in total. The van der Waals surface area contributed by atoms with Gasteiger partial charge in [0.25, 0.3) is 0 Å². The van der Waals surface area contributed by atoms with Crippen LogP contribution in [0.25, 0.3) is 11.6 Å². The van der Waals surface area contributed by atoms with Crippen LogP contribution in [0.4, 0.5) is 5.69 Å². The van der Waals surface area contributed by atoms with E-state index >= 15 is 0 Å². The second-order valence-electron chi connectivity index (χ2n) is 6.88. The van der Waals surface area contributed by atoms with Crippen molar-refractivity contribution in [3.05, 3.63) is 59.5 Å². The Hall–Kier alpha value is -3.26. The highest BCUT2D eigenvalue weighted by molar-refractivity contribution is 6.21. The van der Waals surface area contributed by atoms with E-state index in [4.69, 9.17) is 21.6 Å². The van der Waals surface area contributed by atoms with Crippen LogP contribution < -0.4 is 27.4 Å². The number of methoxy groups -OCH3 is 1. The highest BCUT2D eigenvalue weighted by Gasteiger charge is 2.16. The molecular weight excluding hydrogens is 366 g/mol. The number of nitrogens with one attached hydrogen (secondary N) is 4. The van der Waals surface area contributed by atoms with E-state index in [9.17, 15) is 0 Å². The maximum atomic E-state index is 7.98. The zero-order chi connectivity index (χ0) is 21.4. The quantitative estimate of drug-likeness (QED) is 0.277. The first kappa shape index (κ1) is 22.0. The molecular formula is C21H31N7O. The second-order valence-corrected chi connectivity index (χ2v) is 6.88. The number of anilines is 1. The van der Waals surface area contributed by atoms with Crippen molar-refractivity contribution in [2.24, 2.45) is 17.4 Å². The van der Waals surface area contributed by atoms with Crippen LogP contribution in [0.15, 0.2) is 48.2 Å². The van der Waals surface area contributed by atoms with Crippen molar-refractivity contribution in [2.45, 2.75) is 20.0 Å². The summed E-state index contributed by atoms with van der Waals surface area (Å²) in [5.74, 6) is 0.625. The fourth-order valence-electron chi connectivity index (χ4n) is 3.01. The Bertz CT molecular complexity index is 855. The van der Waals surface area contributed by atoms with Gasteiger partial charge in [0.1, 0.15) is 6.17 Å². The molecule has 0 saturated heterocycles. The molecule has 0 aliphatic carbocycles. The molecule has 0 radical (unpaired) electrons. The van der Waals surface area contributed by atoms with Crippen LogP contribution in [0.3, 0.4) is 0 Å². The predicted molar refractivity (Wildman–Crippen MR) is 120 cm³/mol. The first-order valence-electron chi connectivity index (χ1n) is 9.42. The number of ether oxygens (including phenoxy) is 1. The van der Waals surface area contributed by atoms with E-state index in [2.05, 4.69) is 20.9 Å². The van der Waals surface area contributed by atoms with Gasteiger partial charge >= 0.3 is 0 Å². The van der Waals surface area contributed by atoms with Gasteiger partial charge in [-0.25, -0.2) is 0 Å². The number of aromatic nitrogens is 1. The average Bonchev–Trinajstić information content (AvgIpc) is 2.69. The van der Waals surface area contributed by atoms with Gasteiger partial charge in [-0.2, -0.15) is 0 Å². The first-order valence-corrected chi connectivity index (χ1v) is 9.42. The molecule has 2 unspecified atom stereocenters. The zero-order valence-corrected chi connectivity index (χ0v) is 17.4. The van der Waals surface area contributed by atoms with Gasteiger partial charge in [-0.1, -0.05) is 6.92 Å². The number of hydrogen-bond donors (Lipinski definition) is 6. The SMILES string of the molecule is CN/C=C(\C(C)=N)c1cnc2c(c1)NC(N/C(N)=C/C(=C\N)C(C)COC)C=C2. The van der Waals surface area contributed by atoms with Crippen LogP contribution in [0, 0.1) is 11.3 Å². The second kappa shape index (κ2) is 10.3. The summed E-state index contributed by atoms with van der Waals surface area (Å²) in [6, 6.07) is 1.98. The van der Waals surface area contributed by atoms with E-state index < -0.39 is 0 Å². The summed E-state index contributed by atoms with van der Waals surface area (Å²) in [5.41, 5.74) is 16.6. The molecule has 0 saturated carbocycles. The Morgan fingerprint density at radius 2 is 2.24 bits per heavy atom. The Morgan fingerprint density at radius 3 is 2.86 bits per heavy atom. The molecule has 1 aromatic rings. The fourth-order valence-corrected chi connectivity index (χ4v) is 3.01. The molecule has 156 valence electrons. The summed E-state index contributed by atoms with van der Waals surface area (Å²) in [6.07, 6.45) is 10.6. The topological polar surface area (TPSA) is 134 Å². The molecule has 29 heavy (non-hydrogen) atoms. The van der Waals surface area contributed by atoms with E-state index in [0.717, 1.165) is 28.1 Å². The molecule has 1 aromatic heterocycles. The third-order valence-electron chi connectivity index (χ3n) is 4.50. The number of allylic oxidation sites excluding steroid dienone is 2. The first-order chi connectivity index (χ1) is 13.9. The maximum absolute atomic E-state index is 7.98. The van der Waals surface area contributed by atoms with Gasteiger partial charge < -0.3 is 37.6 Å². The number of rotatable bonds is 9. The molecule has 0 spiro atoms. The Kier molecular flexibility index (Phi) is 7.85. The fraction of sp³-hybridized carbons (Fsp3) is 0.333. The molecule has 0 aromatic carbocycles. The molecule has 2 rings (SSSR count). The van der Waals surface area contributed by atoms with Gasteiger partial charge in [0, 0.05) is 49.3 Å². The standard InChI is InChI=1S/C21H31N7O/c1-13(12-29-4)15(9-22)8-20(24)28-21-6-5-18-19(27-21)7-16(10-26-18)17(11-25-3)14(2)23/h5-11,13,21,23,25,27-28H,12,22,24H2,1-4H3/b15-9+,17-11+,20-8+,23-14?. The van der Waals surface area contributed by atoms with E-state index in [1.165, 1.54) is 0 Å². The lowest BCUT2D eigenvalue weighted by atomic mass is 10.0. The highest BCUT2D eigenvalue weighted by Crippen LogP contribution is 2.25. The van der Waals surface area contributed by atoms with Crippen LogP contribution in [0.2, 0.25) is 0 Å². The highest BCUT2D eigenvalue weighted by atomic mass is 16.5. The molecule has 2 atom stereocenters. The summed E-state index contributed by atoms with van der Waals surface area (Å²) in [5, 5.41) is 17.6. The van der Waals surface area contributed by atoms with Crippen molar-refractivity contribution >= 4 is 23.0 Å². The van der Waals surface area contributed by atoms with Gasteiger partial charge in [-0.15, -0.1) is 0 Å². The van der Waals surface area contributed by atoms with Crippen LogP contribution in [0.1, 0.15) is 25.1 Å². The molecule has 1 aliphatic heterocycles. The van der Waals surface area contributed by atoms with Gasteiger partial charge in [0.2, 0.25) is 0 Å². The summed E-state index contributed by atoms with van der Waals surface area (Å²) in [4.78, 5) is 4.50. The van der Waals surface area contributed by atoms with Crippen LogP contribution in [-0.4, -0.2) is 37.6 Å². The van der Waals surface area contributed by atoms with Crippen LogP contribution >= 0.6 is 0 Å². The lowest BCUT2D eigenvalue weighted by Gasteiger charge is -2.24. The molecule has 0 amide bonds. The van der Waals surface area contributed by atoms with E-state index in [0.29, 0.717) is 18.1 Å². The number of nitrogens with two attached hydrogens (primary N) is 2. The molecule has 8 nitrogen and oxygen atoms in total. The zero-order valence-electron chi connectivity index (χ0n) is 17.4. The largest absolute Gasteiger partial charge is 0.404 e. The van der Waals surface area contributed by atoms with Gasteiger partial charge in [-0.05, 0) is 43.0 Å². The Balaban J connectivity index is 2.16. The van der Waals surface area contributed by atoms with Crippen molar-refractivity contribution in [2.75, 3.05) is 26.1 Å². The molecule has 8 heteroatoms. The summed E-state index contributed by atoms with van der Waals surface area (Å²) in [6.45, 7) is 4.33. The Labute approximate surface area is 172 Å². The molecule has 0 bridgehead atoms. The van der Waals surface area contributed by atoms with Gasteiger partial charge in [0.15, 0.2) is 0 Å². The summed E-state index contributed by atoms with van der Waals surface area (Å²) >= 11 is 0. The normalized spacial score (nSPS) is 17.9. The summed E-state index contributed by atoms with van der Waals surface area (Å²) < 4.78 is 5.18. The van der Waals surface area contributed by atoms with Crippen molar-refractivity contribution < 1.29 is 4.74 Å². The van der Waals surface area contributed by atoms with Crippen LogP contribution in [-0.2, 0) is 4.74 Å². The minimum atomic E-state index is -0.203. The lowest BCUT2D eigenvalue weighted by Crippen LogP contribution is -2.38. The van der Waals surface area contributed by atoms with Crippen molar-refractivity contribution in [3.8, 4) is 0 Å². The lowest BCUT2D eigenvalue weighted by molar-refractivity contribution is 0.173. The van der Waals surface area contributed by atoms with Gasteiger partial charge in [0.05, 0.1) is 23.8 Å². The number of nitrogens with zero attached hydrogens (tertiary/aromatic N) is 1. The van der Waals surface area contributed by atoms with Crippen LogP contribution in [0.5, 0.6) is 0 Å². The van der Waals surface area contributed by atoms with E-state index in [1.54, 1.807) is 32.6 Å². The number of pyridine rings is 1. The van der Waals surface area contributed by atoms with E-state index in [-0.39, 0.29) is 12.1 Å². The van der Waals surface area contributed by atoms with Gasteiger partial charge in [-0.3, -0.25) is 4.98 Å². The van der Waals surface area contributed by atoms with Crippen molar-refractivity contribution in [1.82, 2.24) is 15.6 Å². The predicted octanol–water partition coefficient (Wildman–Crippen LogP) is 1.96. The number of hydrogen-bond acceptors (Lipinski definition) is 8. The summed E-state index contributed by atoms with van der Waals surface area (Å²) in [7, 11) is 3.46. The minimum absolute atomic E-state index is 0.134. The Morgan fingerprint density at radius 1 is 1.48 bits per heavy atom. The molecule has 1 aliphatic rings.